The molecule has 30 heavy (non-hydrogen) atoms. The Morgan fingerprint density at radius 1 is 1.10 bits per heavy atom. The predicted molar refractivity (Wildman–Crippen MR) is 112 cm³/mol. The van der Waals surface area contributed by atoms with E-state index in [1.54, 1.807) is 11.8 Å². The van der Waals surface area contributed by atoms with Crippen molar-refractivity contribution in [3.05, 3.63) is 35.9 Å². The van der Waals surface area contributed by atoms with Crippen LogP contribution in [0.5, 0.6) is 0 Å². The van der Waals surface area contributed by atoms with Gasteiger partial charge in [0, 0.05) is 31.5 Å². The van der Waals surface area contributed by atoms with E-state index < -0.39 is 23.3 Å². The first-order chi connectivity index (χ1) is 14.1. The molecule has 1 saturated heterocycles. The zero-order valence-electron chi connectivity index (χ0n) is 18.3. The summed E-state index contributed by atoms with van der Waals surface area (Å²) in [5.74, 6) is -1.99. The molecule has 1 unspecified atom stereocenters. The summed E-state index contributed by atoms with van der Waals surface area (Å²) in [7, 11) is 0. The summed E-state index contributed by atoms with van der Waals surface area (Å²) in [4.78, 5) is 52.9. The number of likely N-dealkylation sites (tertiary alicyclic amines) is 1. The van der Waals surface area contributed by atoms with E-state index in [2.05, 4.69) is 0 Å². The lowest BCUT2D eigenvalue weighted by Gasteiger charge is -2.36. The molecular weight excluding hydrogens is 384 g/mol. The third-order valence-corrected chi connectivity index (χ3v) is 5.20. The molecular formula is C23H32N2O5. The van der Waals surface area contributed by atoms with E-state index in [1.807, 2.05) is 51.1 Å². The van der Waals surface area contributed by atoms with Crippen LogP contribution in [0.15, 0.2) is 30.3 Å². The van der Waals surface area contributed by atoms with Gasteiger partial charge < -0.3 is 14.5 Å². The van der Waals surface area contributed by atoms with Gasteiger partial charge in [0.25, 0.3) is 5.78 Å². The third kappa shape index (κ3) is 6.15. The molecule has 1 aromatic carbocycles. The fourth-order valence-corrected chi connectivity index (χ4v) is 3.63. The first-order valence-electron chi connectivity index (χ1n) is 10.5. The molecule has 7 nitrogen and oxygen atoms in total. The van der Waals surface area contributed by atoms with Gasteiger partial charge in [-0.25, -0.2) is 4.79 Å². The Balaban J connectivity index is 1.99. The molecule has 0 aliphatic carbocycles. The molecule has 0 bridgehead atoms. The average Bonchev–Trinajstić information content (AvgIpc) is 3.19. The first-order valence-corrected chi connectivity index (χ1v) is 10.5. The predicted octanol–water partition coefficient (Wildman–Crippen LogP) is 2.72. The summed E-state index contributed by atoms with van der Waals surface area (Å²) in [6.45, 7) is 8.51. The van der Waals surface area contributed by atoms with Crippen LogP contribution in [0.2, 0.25) is 0 Å². The number of ketones is 1. The maximum Gasteiger partial charge on any atom is 0.376 e. The fourth-order valence-electron chi connectivity index (χ4n) is 3.63. The second kappa shape index (κ2) is 10.4. The highest BCUT2D eigenvalue weighted by Crippen LogP contribution is 2.22. The second-order valence-corrected chi connectivity index (χ2v) is 8.47. The molecule has 7 heteroatoms. The Kier molecular flexibility index (Phi) is 8.15. The minimum atomic E-state index is -0.903. The van der Waals surface area contributed by atoms with Crippen LogP contribution >= 0.6 is 0 Å². The maximum atomic E-state index is 12.9. The van der Waals surface area contributed by atoms with Crippen LogP contribution in [0.25, 0.3) is 0 Å². The molecule has 164 valence electrons. The molecule has 0 radical (unpaired) electrons. The molecule has 1 aliphatic rings. The standard InChI is InChI=1S/C23H32N2O5/c1-5-30-22(29)21(28)18-12-9-15-24(18)19(26)13-14-20(27)25(23(2,3)4)16-17-10-7-6-8-11-17/h6-8,10-11,18H,5,9,12-16H2,1-4H3. The molecule has 1 fully saturated rings. The lowest BCUT2D eigenvalue weighted by molar-refractivity contribution is -0.156. The number of ether oxygens (including phenoxy) is 1. The van der Waals surface area contributed by atoms with Crippen molar-refractivity contribution in [3.63, 3.8) is 0 Å². The Morgan fingerprint density at radius 2 is 1.77 bits per heavy atom. The molecule has 0 spiro atoms. The normalized spacial score (nSPS) is 16.3. The Bertz CT molecular complexity index is 770. The van der Waals surface area contributed by atoms with Crippen molar-refractivity contribution in [1.29, 1.82) is 0 Å². The minimum Gasteiger partial charge on any atom is -0.460 e. The number of rotatable bonds is 8. The molecule has 1 atom stereocenters. The fraction of sp³-hybridized carbons (Fsp3) is 0.565. The average molecular weight is 417 g/mol. The summed E-state index contributed by atoms with van der Waals surface area (Å²) in [5, 5.41) is 0. The SMILES string of the molecule is CCOC(=O)C(=O)C1CCCN1C(=O)CCC(=O)N(Cc1ccccc1)C(C)(C)C. The summed E-state index contributed by atoms with van der Waals surface area (Å²) in [6, 6.07) is 8.93. The minimum absolute atomic E-state index is 0.00675. The summed E-state index contributed by atoms with van der Waals surface area (Å²) in [6.07, 6.45) is 1.16. The smallest absolute Gasteiger partial charge is 0.376 e. The zero-order valence-corrected chi connectivity index (χ0v) is 18.3. The highest BCUT2D eigenvalue weighted by atomic mass is 16.5. The molecule has 0 aromatic heterocycles. The number of carbonyl (C=O) groups is 4. The second-order valence-electron chi connectivity index (χ2n) is 8.47. The van der Waals surface area contributed by atoms with Gasteiger partial charge in [0.15, 0.2) is 0 Å². The third-order valence-electron chi connectivity index (χ3n) is 5.20. The molecule has 1 aromatic rings. The van der Waals surface area contributed by atoms with E-state index in [9.17, 15) is 19.2 Å². The molecule has 1 aliphatic heterocycles. The number of hydrogen-bond donors (Lipinski definition) is 0. The van der Waals surface area contributed by atoms with Gasteiger partial charge in [0.05, 0.1) is 6.61 Å². The van der Waals surface area contributed by atoms with E-state index >= 15 is 0 Å². The van der Waals surface area contributed by atoms with Crippen LogP contribution in [-0.2, 0) is 30.5 Å². The number of nitrogens with zero attached hydrogens (tertiary/aromatic N) is 2. The largest absolute Gasteiger partial charge is 0.460 e. The molecule has 2 rings (SSSR count). The Morgan fingerprint density at radius 3 is 2.37 bits per heavy atom. The van der Waals surface area contributed by atoms with Crippen LogP contribution in [0.1, 0.15) is 58.9 Å². The molecule has 1 heterocycles. The topological polar surface area (TPSA) is 84.0 Å². The van der Waals surface area contributed by atoms with E-state index in [0.29, 0.717) is 25.9 Å². The van der Waals surface area contributed by atoms with Gasteiger partial charge in [-0.15, -0.1) is 0 Å². The number of carbonyl (C=O) groups excluding carboxylic acids is 4. The monoisotopic (exact) mass is 416 g/mol. The number of esters is 1. The number of benzene rings is 1. The van der Waals surface area contributed by atoms with Crippen molar-refractivity contribution >= 4 is 23.6 Å². The molecule has 0 saturated carbocycles. The van der Waals surface area contributed by atoms with Gasteiger partial charge in [-0.3, -0.25) is 14.4 Å². The van der Waals surface area contributed by atoms with Gasteiger partial charge in [0.1, 0.15) is 6.04 Å². The highest BCUT2D eigenvalue weighted by Gasteiger charge is 2.38. The highest BCUT2D eigenvalue weighted by molar-refractivity contribution is 6.36. The van der Waals surface area contributed by atoms with Gasteiger partial charge >= 0.3 is 5.97 Å². The van der Waals surface area contributed by atoms with Gasteiger partial charge in [0.2, 0.25) is 11.8 Å². The Hall–Kier alpha value is -2.70. The van der Waals surface area contributed by atoms with Crippen LogP contribution in [0, 0.1) is 0 Å². The van der Waals surface area contributed by atoms with Crippen molar-refractivity contribution in [2.24, 2.45) is 0 Å². The zero-order chi connectivity index (χ0) is 22.3. The van der Waals surface area contributed by atoms with Gasteiger partial charge in [-0.2, -0.15) is 0 Å². The van der Waals surface area contributed by atoms with Crippen LogP contribution < -0.4 is 0 Å². The van der Waals surface area contributed by atoms with E-state index in [1.165, 1.54) is 4.90 Å². The van der Waals surface area contributed by atoms with Crippen molar-refractivity contribution in [2.45, 2.75) is 71.5 Å². The van der Waals surface area contributed by atoms with Crippen molar-refractivity contribution in [2.75, 3.05) is 13.2 Å². The van der Waals surface area contributed by atoms with Crippen LogP contribution in [-0.4, -0.2) is 58.1 Å². The van der Waals surface area contributed by atoms with E-state index in [4.69, 9.17) is 4.74 Å². The summed E-state index contributed by atoms with van der Waals surface area (Å²) >= 11 is 0. The molecule has 2 amide bonds. The van der Waals surface area contributed by atoms with E-state index in [-0.39, 0.29) is 31.3 Å². The van der Waals surface area contributed by atoms with Crippen LogP contribution in [0.3, 0.4) is 0 Å². The van der Waals surface area contributed by atoms with Crippen molar-refractivity contribution in [3.8, 4) is 0 Å². The first kappa shape index (κ1) is 23.6. The van der Waals surface area contributed by atoms with Gasteiger partial charge in [-0.05, 0) is 46.1 Å². The lowest BCUT2D eigenvalue weighted by Crippen LogP contribution is -2.46. The number of hydrogen-bond acceptors (Lipinski definition) is 5. The van der Waals surface area contributed by atoms with Crippen molar-refractivity contribution < 1.29 is 23.9 Å². The van der Waals surface area contributed by atoms with Gasteiger partial charge in [-0.1, -0.05) is 30.3 Å². The molecule has 0 N–H and O–H groups in total. The lowest BCUT2D eigenvalue weighted by atomic mass is 10.0. The van der Waals surface area contributed by atoms with Crippen molar-refractivity contribution in [1.82, 2.24) is 9.80 Å². The van der Waals surface area contributed by atoms with Crippen LogP contribution in [0.4, 0.5) is 0 Å². The number of amides is 2. The summed E-state index contributed by atoms with van der Waals surface area (Å²) in [5.41, 5.74) is 0.623. The Labute approximate surface area is 178 Å². The maximum absolute atomic E-state index is 12.9. The quantitative estimate of drug-likeness (QED) is 0.481. The summed E-state index contributed by atoms with van der Waals surface area (Å²) < 4.78 is 4.78. The number of Topliss-reactive ketones (excluding diaryl/α,β-unsaturated/α-hetero) is 1. The van der Waals surface area contributed by atoms with E-state index in [0.717, 1.165) is 5.56 Å².